The number of anilines is 1. The highest BCUT2D eigenvalue weighted by Gasteiger charge is 2.05. The number of aryl methyl sites for hydroxylation is 1. The van der Waals surface area contributed by atoms with Gasteiger partial charge in [-0.25, -0.2) is 4.98 Å². The van der Waals surface area contributed by atoms with E-state index in [1.165, 1.54) is 0 Å². The maximum Gasteiger partial charge on any atom is 0.246 e. The van der Waals surface area contributed by atoms with Crippen molar-refractivity contribution in [2.24, 2.45) is 0 Å². The molecule has 2 aromatic rings. The Morgan fingerprint density at radius 1 is 1.59 bits per heavy atom. The van der Waals surface area contributed by atoms with Crippen LogP contribution in [0.4, 0.5) is 5.69 Å². The van der Waals surface area contributed by atoms with E-state index in [-0.39, 0.29) is 12.5 Å². The number of hydrogen-bond acceptors (Lipinski definition) is 3. The van der Waals surface area contributed by atoms with Crippen LogP contribution in [0.15, 0.2) is 35.3 Å². The molecule has 0 fully saturated rings. The first-order chi connectivity index (χ1) is 8.15. The Hall–Kier alpha value is -1.69. The van der Waals surface area contributed by atoms with Crippen LogP contribution in [0.5, 0.6) is 0 Å². The van der Waals surface area contributed by atoms with Crippen molar-refractivity contribution in [3.8, 4) is 0 Å². The molecule has 0 aliphatic carbocycles. The van der Waals surface area contributed by atoms with Gasteiger partial charge in [0.25, 0.3) is 0 Å². The molecule has 6 heteroatoms. The molecular formula is C11H11BrN4O. The number of nitrogens with one attached hydrogen (secondary N) is 1. The summed E-state index contributed by atoms with van der Waals surface area (Å²) in [4.78, 5) is 15.8. The second kappa shape index (κ2) is 5.09. The summed E-state index contributed by atoms with van der Waals surface area (Å²) in [5, 5.41) is 6.73. The molecule has 0 aromatic carbocycles. The first-order valence-electron chi connectivity index (χ1n) is 5.04. The zero-order chi connectivity index (χ0) is 12.3. The van der Waals surface area contributed by atoms with Crippen LogP contribution in [0, 0.1) is 6.92 Å². The van der Waals surface area contributed by atoms with Crippen molar-refractivity contribution >= 4 is 27.5 Å². The Bertz CT molecular complexity index is 524. The van der Waals surface area contributed by atoms with Gasteiger partial charge in [-0.3, -0.25) is 9.48 Å². The first kappa shape index (κ1) is 11.8. The van der Waals surface area contributed by atoms with Gasteiger partial charge in [-0.15, -0.1) is 0 Å². The predicted molar refractivity (Wildman–Crippen MR) is 67.5 cm³/mol. The standard InChI is InChI=1S/C11H11BrN4O/c1-8-5-9(6-13-11(8)12)15-10(17)7-16-4-2-3-14-16/h2-6H,7H2,1H3,(H,15,17). The molecule has 0 aliphatic heterocycles. The van der Waals surface area contributed by atoms with E-state index in [9.17, 15) is 4.79 Å². The Balaban J connectivity index is 2.00. The smallest absolute Gasteiger partial charge is 0.246 e. The van der Waals surface area contributed by atoms with Crippen LogP contribution in [0.25, 0.3) is 0 Å². The highest BCUT2D eigenvalue weighted by atomic mass is 79.9. The number of carbonyl (C=O) groups excluding carboxylic acids is 1. The molecule has 0 saturated heterocycles. The van der Waals surface area contributed by atoms with Crippen molar-refractivity contribution in [2.75, 3.05) is 5.32 Å². The average molecular weight is 295 g/mol. The SMILES string of the molecule is Cc1cc(NC(=O)Cn2cccn2)cnc1Br. The van der Waals surface area contributed by atoms with Crippen molar-refractivity contribution in [3.63, 3.8) is 0 Å². The Labute approximate surface area is 107 Å². The monoisotopic (exact) mass is 294 g/mol. The molecule has 1 amide bonds. The highest BCUT2D eigenvalue weighted by molar-refractivity contribution is 9.10. The van der Waals surface area contributed by atoms with Crippen LogP contribution in [-0.4, -0.2) is 20.7 Å². The third-order valence-electron chi connectivity index (χ3n) is 2.16. The summed E-state index contributed by atoms with van der Waals surface area (Å²) in [6, 6.07) is 3.64. The van der Waals surface area contributed by atoms with Crippen molar-refractivity contribution in [2.45, 2.75) is 13.5 Å². The molecule has 0 spiro atoms. The maximum atomic E-state index is 11.7. The van der Waals surface area contributed by atoms with Crippen molar-refractivity contribution < 1.29 is 4.79 Å². The van der Waals surface area contributed by atoms with Gasteiger partial charge in [0.2, 0.25) is 5.91 Å². The summed E-state index contributed by atoms with van der Waals surface area (Å²) in [5.74, 6) is -0.128. The molecule has 2 heterocycles. The van der Waals surface area contributed by atoms with E-state index in [0.29, 0.717) is 5.69 Å². The Kier molecular flexibility index (Phi) is 3.53. The number of aromatic nitrogens is 3. The lowest BCUT2D eigenvalue weighted by atomic mass is 10.3. The van der Waals surface area contributed by atoms with E-state index in [2.05, 4.69) is 31.3 Å². The Morgan fingerprint density at radius 2 is 2.41 bits per heavy atom. The lowest BCUT2D eigenvalue weighted by molar-refractivity contribution is -0.116. The maximum absolute atomic E-state index is 11.7. The topological polar surface area (TPSA) is 59.8 Å². The van der Waals surface area contributed by atoms with Gasteiger partial charge < -0.3 is 5.32 Å². The lowest BCUT2D eigenvalue weighted by Crippen LogP contribution is -2.19. The molecule has 0 aliphatic rings. The van der Waals surface area contributed by atoms with E-state index in [1.807, 2.05) is 13.0 Å². The number of pyridine rings is 1. The molecule has 2 aromatic heterocycles. The zero-order valence-electron chi connectivity index (χ0n) is 9.22. The van der Waals surface area contributed by atoms with E-state index < -0.39 is 0 Å². The molecule has 5 nitrogen and oxygen atoms in total. The largest absolute Gasteiger partial charge is 0.323 e. The number of carbonyl (C=O) groups is 1. The molecule has 2 rings (SSSR count). The highest BCUT2D eigenvalue weighted by Crippen LogP contribution is 2.16. The second-order valence-corrected chi connectivity index (χ2v) is 4.33. The molecule has 0 bridgehead atoms. The minimum Gasteiger partial charge on any atom is -0.323 e. The lowest BCUT2D eigenvalue weighted by Gasteiger charge is -2.06. The average Bonchev–Trinajstić information content (AvgIpc) is 2.76. The summed E-state index contributed by atoms with van der Waals surface area (Å²) in [5.41, 5.74) is 1.66. The summed E-state index contributed by atoms with van der Waals surface area (Å²) in [6.07, 6.45) is 4.99. The fourth-order valence-corrected chi connectivity index (χ4v) is 1.58. The van der Waals surface area contributed by atoms with E-state index in [4.69, 9.17) is 0 Å². The van der Waals surface area contributed by atoms with Gasteiger partial charge in [-0.05, 0) is 40.5 Å². The quantitative estimate of drug-likeness (QED) is 0.881. The van der Waals surface area contributed by atoms with Gasteiger partial charge in [-0.1, -0.05) is 0 Å². The minimum atomic E-state index is -0.128. The van der Waals surface area contributed by atoms with Crippen LogP contribution in [-0.2, 0) is 11.3 Å². The minimum absolute atomic E-state index is 0.128. The number of amides is 1. The fourth-order valence-electron chi connectivity index (χ4n) is 1.37. The molecule has 88 valence electrons. The van der Waals surface area contributed by atoms with Crippen molar-refractivity contribution in [3.05, 3.63) is 40.9 Å². The third-order valence-corrected chi connectivity index (χ3v) is 2.99. The van der Waals surface area contributed by atoms with E-state index in [0.717, 1.165) is 10.2 Å². The molecule has 0 unspecified atom stereocenters. The molecule has 0 radical (unpaired) electrons. The number of halogens is 1. The normalized spacial score (nSPS) is 10.2. The summed E-state index contributed by atoms with van der Waals surface area (Å²) >= 11 is 3.31. The van der Waals surface area contributed by atoms with Crippen LogP contribution in [0.3, 0.4) is 0 Å². The van der Waals surface area contributed by atoms with Crippen LogP contribution in [0.1, 0.15) is 5.56 Å². The summed E-state index contributed by atoms with van der Waals surface area (Å²) in [6.45, 7) is 2.11. The van der Waals surface area contributed by atoms with Gasteiger partial charge in [0, 0.05) is 12.4 Å². The van der Waals surface area contributed by atoms with Gasteiger partial charge in [0.05, 0.1) is 11.9 Å². The van der Waals surface area contributed by atoms with Crippen molar-refractivity contribution in [1.29, 1.82) is 0 Å². The number of nitrogens with zero attached hydrogens (tertiary/aromatic N) is 3. The number of rotatable bonds is 3. The predicted octanol–water partition coefficient (Wildman–Crippen LogP) is 1.99. The molecule has 1 N–H and O–H groups in total. The molecular weight excluding hydrogens is 284 g/mol. The first-order valence-corrected chi connectivity index (χ1v) is 5.84. The Morgan fingerprint density at radius 3 is 3.06 bits per heavy atom. The van der Waals surface area contributed by atoms with Gasteiger partial charge in [0.1, 0.15) is 11.1 Å². The van der Waals surface area contributed by atoms with Gasteiger partial charge in [-0.2, -0.15) is 5.10 Å². The summed E-state index contributed by atoms with van der Waals surface area (Å²) in [7, 11) is 0. The van der Waals surface area contributed by atoms with Gasteiger partial charge in [0.15, 0.2) is 0 Å². The van der Waals surface area contributed by atoms with Gasteiger partial charge >= 0.3 is 0 Å². The molecule has 0 saturated carbocycles. The van der Waals surface area contributed by atoms with Crippen LogP contribution < -0.4 is 5.32 Å². The zero-order valence-corrected chi connectivity index (χ0v) is 10.8. The second-order valence-electron chi connectivity index (χ2n) is 3.58. The van der Waals surface area contributed by atoms with E-state index >= 15 is 0 Å². The molecule has 0 atom stereocenters. The van der Waals surface area contributed by atoms with Crippen molar-refractivity contribution in [1.82, 2.24) is 14.8 Å². The van der Waals surface area contributed by atoms with Crippen LogP contribution in [0.2, 0.25) is 0 Å². The van der Waals surface area contributed by atoms with Crippen LogP contribution >= 0.6 is 15.9 Å². The molecule has 17 heavy (non-hydrogen) atoms. The summed E-state index contributed by atoms with van der Waals surface area (Å²) < 4.78 is 2.34. The third kappa shape index (κ3) is 3.13. The number of hydrogen-bond donors (Lipinski definition) is 1. The fraction of sp³-hybridized carbons (Fsp3) is 0.182. The van der Waals surface area contributed by atoms with E-state index in [1.54, 1.807) is 29.3 Å².